The van der Waals surface area contributed by atoms with Crippen LogP contribution in [0.2, 0.25) is 0 Å². The van der Waals surface area contributed by atoms with Gasteiger partial charge in [-0.05, 0) is 50.4 Å². The van der Waals surface area contributed by atoms with Crippen molar-refractivity contribution in [3.05, 3.63) is 23.7 Å². The topological polar surface area (TPSA) is 28.4 Å². The molecule has 3 unspecified atom stereocenters. The van der Waals surface area contributed by atoms with Gasteiger partial charge in [-0.3, -0.25) is 4.90 Å². The van der Waals surface area contributed by atoms with E-state index < -0.39 is 0 Å². The SMILES string of the molecule is CCCN(Cc1ccc(C2CC2C)o1)C1CCNC1. The predicted molar refractivity (Wildman–Crippen MR) is 77.2 cm³/mol. The minimum Gasteiger partial charge on any atom is -0.464 e. The van der Waals surface area contributed by atoms with Gasteiger partial charge in [-0.2, -0.15) is 0 Å². The molecule has 3 heteroatoms. The molecule has 0 bridgehead atoms. The smallest absolute Gasteiger partial charge is 0.118 e. The van der Waals surface area contributed by atoms with E-state index in [0.29, 0.717) is 12.0 Å². The molecule has 1 N–H and O–H groups in total. The van der Waals surface area contributed by atoms with Gasteiger partial charge in [0.25, 0.3) is 0 Å². The van der Waals surface area contributed by atoms with Crippen LogP contribution in [0.3, 0.4) is 0 Å². The van der Waals surface area contributed by atoms with Crippen LogP contribution in [0.4, 0.5) is 0 Å². The summed E-state index contributed by atoms with van der Waals surface area (Å²) in [7, 11) is 0. The van der Waals surface area contributed by atoms with Gasteiger partial charge in [-0.15, -0.1) is 0 Å². The molecular formula is C16H26N2O. The summed E-state index contributed by atoms with van der Waals surface area (Å²) in [5, 5.41) is 3.46. The van der Waals surface area contributed by atoms with Crippen molar-refractivity contribution >= 4 is 0 Å². The van der Waals surface area contributed by atoms with Crippen molar-refractivity contribution in [2.24, 2.45) is 5.92 Å². The predicted octanol–water partition coefficient (Wildman–Crippen LogP) is 2.98. The van der Waals surface area contributed by atoms with Crippen LogP contribution < -0.4 is 5.32 Å². The maximum atomic E-state index is 6.05. The highest BCUT2D eigenvalue weighted by Gasteiger charge is 2.36. The summed E-state index contributed by atoms with van der Waals surface area (Å²) in [5.41, 5.74) is 0. The molecule has 1 aromatic heterocycles. The van der Waals surface area contributed by atoms with Gasteiger partial charge in [-0.1, -0.05) is 13.8 Å². The first-order chi connectivity index (χ1) is 9.28. The molecule has 3 nitrogen and oxygen atoms in total. The van der Waals surface area contributed by atoms with Crippen LogP contribution in [0.5, 0.6) is 0 Å². The largest absolute Gasteiger partial charge is 0.464 e. The number of furan rings is 1. The fraction of sp³-hybridized carbons (Fsp3) is 0.750. The minimum absolute atomic E-state index is 0.688. The molecule has 106 valence electrons. The van der Waals surface area contributed by atoms with E-state index >= 15 is 0 Å². The Bertz CT molecular complexity index is 409. The second-order valence-electron chi connectivity index (χ2n) is 6.24. The molecule has 0 spiro atoms. The van der Waals surface area contributed by atoms with E-state index in [0.717, 1.165) is 31.3 Å². The third-order valence-electron chi connectivity index (χ3n) is 4.58. The molecule has 19 heavy (non-hydrogen) atoms. The Balaban J connectivity index is 1.62. The highest BCUT2D eigenvalue weighted by atomic mass is 16.3. The maximum Gasteiger partial charge on any atom is 0.118 e. The lowest BCUT2D eigenvalue weighted by atomic mass is 10.2. The highest BCUT2D eigenvalue weighted by Crippen LogP contribution is 2.47. The fourth-order valence-corrected chi connectivity index (χ4v) is 3.23. The average Bonchev–Trinajstić information content (AvgIpc) is 2.89. The molecule has 1 aliphatic carbocycles. The first-order valence-electron chi connectivity index (χ1n) is 7.81. The van der Waals surface area contributed by atoms with Crippen LogP contribution in [-0.2, 0) is 6.54 Å². The van der Waals surface area contributed by atoms with Crippen LogP contribution in [0.1, 0.15) is 50.5 Å². The van der Waals surface area contributed by atoms with E-state index in [1.807, 2.05) is 0 Å². The van der Waals surface area contributed by atoms with Crippen LogP contribution >= 0.6 is 0 Å². The van der Waals surface area contributed by atoms with E-state index in [4.69, 9.17) is 4.42 Å². The van der Waals surface area contributed by atoms with E-state index in [2.05, 4.69) is 36.2 Å². The van der Waals surface area contributed by atoms with E-state index in [9.17, 15) is 0 Å². The van der Waals surface area contributed by atoms with Gasteiger partial charge in [0.1, 0.15) is 11.5 Å². The molecule has 3 rings (SSSR count). The summed E-state index contributed by atoms with van der Waals surface area (Å²) in [6.45, 7) is 9.00. The second-order valence-corrected chi connectivity index (χ2v) is 6.24. The van der Waals surface area contributed by atoms with Gasteiger partial charge in [0.15, 0.2) is 0 Å². The number of nitrogens with zero attached hydrogens (tertiary/aromatic N) is 1. The van der Waals surface area contributed by atoms with Crippen molar-refractivity contribution in [2.75, 3.05) is 19.6 Å². The molecule has 1 saturated heterocycles. The average molecular weight is 262 g/mol. The molecule has 3 atom stereocenters. The molecule has 2 aliphatic rings. The monoisotopic (exact) mass is 262 g/mol. The van der Waals surface area contributed by atoms with Crippen LogP contribution in [0.25, 0.3) is 0 Å². The Kier molecular flexibility index (Phi) is 3.94. The third-order valence-corrected chi connectivity index (χ3v) is 4.58. The van der Waals surface area contributed by atoms with Crippen molar-refractivity contribution in [3.8, 4) is 0 Å². The van der Waals surface area contributed by atoms with Crippen molar-refractivity contribution in [3.63, 3.8) is 0 Å². The van der Waals surface area contributed by atoms with Crippen molar-refractivity contribution < 1.29 is 4.42 Å². The fourth-order valence-electron chi connectivity index (χ4n) is 3.23. The Morgan fingerprint density at radius 3 is 2.89 bits per heavy atom. The Labute approximate surface area is 116 Å². The van der Waals surface area contributed by atoms with Crippen LogP contribution in [0, 0.1) is 5.92 Å². The molecule has 0 radical (unpaired) electrons. The van der Waals surface area contributed by atoms with E-state index in [1.54, 1.807) is 0 Å². The quantitative estimate of drug-likeness (QED) is 0.854. The highest BCUT2D eigenvalue weighted by molar-refractivity contribution is 5.17. The number of hydrogen-bond donors (Lipinski definition) is 1. The first-order valence-corrected chi connectivity index (χ1v) is 7.81. The zero-order valence-corrected chi connectivity index (χ0v) is 12.2. The number of hydrogen-bond acceptors (Lipinski definition) is 3. The Morgan fingerprint density at radius 2 is 2.26 bits per heavy atom. The standard InChI is InChI=1S/C16H26N2O/c1-3-8-18(13-6-7-17-10-13)11-14-4-5-16(19-14)15-9-12(15)2/h4-5,12-13,15,17H,3,6-11H2,1-2H3. The summed E-state index contributed by atoms with van der Waals surface area (Å²) in [4.78, 5) is 2.58. The van der Waals surface area contributed by atoms with Gasteiger partial charge >= 0.3 is 0 Å². The third kappa shape index (κ3) is 3.03. The van der Waals surface area contributed by atoms with Crippen molar-refractivity contribution in [2.45, 2.75) is 51.6 Å². The van der Waals surface area contributed by atoms with Gasteiger partial charge < -0.3 is 9.73 Å². The summed E-state index contributed by atoms with van der Waals surface area (Å²) < 4.78 is 6.05. The molecule has 1 aromatic rings. The summed E-state index contributed by atoms with van der Waals surface area (Å²) >= 11 is 0. The van der Waals surface area contributed by atoms with Gasteiger partial charge in [0, 0.05) is 18.5 Å². The van der Waals surface area contributed by atoms with Gasteiger partial charge in [-0.25, -0.2) is 0 Å². The number of nitrogens with one attached hydrogen (secondary N) is 1. The maximum absolute atomic E-state index is 6.05. The Morgan fingerprint density at radius 1 is 1.42 bits per heavy atom. The lowest BCUT2D eigenvalue weighted by molar-refractivity contribution is 0.183. The molecule has 2 fully saturated rings. The zero-order valence-electron chi connectivity index (χ0n) is 12.2. The van der Waals surface area contributed by atoms with E-state index in [1.165, 1.54) is 31.6 Å². The molecule has 0 aromatic carbocycles. The lowest BCUT2D eigenvalue weighted by Gasteiger charge is -2.26. The van der Waals surface area contributed by atoms with Gasteiger partial charge in [0.2, 0.25) is 0 Å². The molecular weight excluding hydrogens is 236 g/mol. The summed E-state index contributed by atoms with van der Waals surface area (Å²) in [5.74, 6) is 3.88. The van der Waals surface area contributed by atoms with Crippen LogP contribution in [-0.4, -0.2) is 30.6 Å². The molecule has 1 saturated carbocycles. The Hall–Kier alpha value is -0.800. The second kappa shape index (κ2) is 5.68. The first kappa shape index (κ1) is 13.2. The van der Waals surface area contributed by atoms with Crippen LogP contribution in [0.15, 0.2) is 16.5 Å². The van der Waals surface area contributed by atoms with Crippen molar-refractivity contribution in [1.82, 2.24) is 10.2 Å². The molecule has 2 heterocycles. The zero-order chi connectivity index (χ0) is 13.2. The van der Waals surface area contributed by atoms with E-state index in [-0.39, 0.29) is 0 Å². The number of rotatable bonds is 6. The van der Waals surface area contributed by atoms with Gasteiger partial charge in [0.05, 0.1) is 6.54 Å². The minimum atomic E-state index is 0.688. The summed E-state index contributed by atoms with van der Waals surface area (Å²) in [6, 6.07) is 5.07. The molecule has 0 amide bonds. The van der Waals surface area contributed by atoms with Crippen molar-refractivity contribution in [1.29, 1.82) is 0 Å². The molecule has 1 aliphatic heterocycles. The lowest BCUT2D eigenvalue weighted by Crippen LogP contribution is -2.36. The normalized spacial score (nSPS) is 30.2. The summed E-state index contributed by atoms with van der Waals surface area (Å²) in [6.07, 6.45) is 3.79.